The average Bonchev–Trinajstić information content (AvgIpc) is 3.62. The van der Waals surface area contributed by atoms with E-state index in [-0.39, 0.29) is 0 Å². The Morgan fingerprint density at radius 1 is 0.316 bits per heavy atom. The van der Waals surface area contributed by atoms with Crippen molar-refractivity contribution in [3.05, 3.63) is 207 Å². The van der Waals surface area contributed by atoms with E-state index in [0.29, 0.717) is 0 Å². The molecule has 0 saturated carbocycles. The molecule has 4 nitrogen and oxygen atoms in total. The molecule has 4 heteroatoms. The van der Waals surface area contributed by atoms with Crippen LogP contribution in [0.3, 0.4) is 0 Å². The highest BCUT2D eigenvalue weighted by atomic mass is 15.0. The first kappa shape index (κ1) is 32.7. The molecule has 266 valence electrons. The number of rotatable bonds is 6. The van der Waals surface area contributed by atoms with Crippen molar-refractivity contribution in [2.45, 2.75) is 0 Å². The minimum absolute atomic E-state index is 0.825. The van der Waals surface area contributed by atoms with Gasteiger partial charge in [0.1, 0.15) is 0 Å². The van der Waals surface area contributed by atoms with Gasteiger partial charge in [-0.1, -0.05) is 133 Å². The molecule has 0 aliphatic heterocycles. The van der Waals surface area contributed by atoms with Crippen molar-refractivity contribution in [1.82, 2.24) is 19.5 Å². The summed E-state index contributed by atoms with van der Waals surface area (Å²) < 4.78 is 2.30. The fraction of sp³-hybridized carbons (Fsp3) is 0. The number of fused-ring (bicyclic) bond motifs is 5. The Hall–Kier alpha value is -7.69. The van der Waals surface area contributed by atoms with Gasteiger partial charge in [-0.05, 0) is 104 Å². The van der Waals surface area contributed by atoms with Gasteiger partial charge in [0.05, 0.1) is 33.8 Å². The second-order valence-corrected chi connectivity index (χ2v) is 14.4. The predicted octanol–water partition coefficient (Wildman–Crippen LogP) is 13.6. The third-order valence-corrected chi connectivity index (χ3v) is 11.1. The first-order chi connectivity index (χ1) is 28.3. The van der Waals surface area contributed by atoms with Gasteiger partial charge in [0.15, 0.2) is 0 Å². The maximum absolute atomic E-state index is 5.25. The molecule has 0 saturated heterocycles. The molecule has 0 N–H and O–H groups in total. The van der Waals surface area contributed by atoms with Crippen LogP contribution in [0.4, 0.5) is 0 Å². The molecule has 4 aromatic heterocycles. The third kappa shape index (κ3) is 5.58. The molecule has 0 atom stereocenters. The number of benzene rings is 7. The van der Waals surface area contributed by atoms with E-state index in [1.54, 1.807) is 0 Å². The number of hydrogen-bond donors (Lipinski definition) is 0. The first-order valence-electron chi connectivity index (χ1n) is 19.3. The highest BCUT2D eigenvalue weighted by molar-refractivity contribution is 6.22. The zero-order valence-electron chi connectivity index (χ0n) is 30.9. The molecule has 0 spiro atoms. The van der Waals surface area contributed by atoms with Crippen molar-refractivity contribution in [3.63, 3.8) is 0 Å². The number of para-hydroxylation sites is 1. The van der Waals surface area contributed by atoms with Crippen LogP contribution in [-0.4, -0.2) is 19.5 Å². The van der Waals surface area contributed by atoms with E-state index in [1.807, 2.05) is 24.5 Å². The molecule has 0 bridgehead atoms. The highest BCUT2D eigenvalue weighted by Crippen LogP contribution is 2.45. The number of aromatic nitrogens is 4. The summed E-state index contributed by atoms with van der Waals surface area (Å²) in [4.78, 5) is 14.9. The van der Waals surface area contributed by atoms with E-state index in [0.717, 1.165) is 61.4 Å². The van der Waals surface area contributed by atoms with Crippen LogP contribution in [-0.2, 0) is 0 Å². The van der Waals surface area contributed by atoms with Crippen molar-refractivity contribution >= 4 is 43.4 Å². The van der Waals surface area contributed by atoms with Gasteiger partial charge >= 0.3 is 0 Å². The molecule has 0 aliphatic carbocycles. The molecule has 11 aromatic rings. The first-order valence-corrected chi connectivity index (χ1v) is 19.3. The van der Waals surface area contributed by atoms with E-state index < -0.39 is 0 Å². The topological polar surface area (TPSA) is 43.6 Å². The molecule has 4 heterocycles. The molecule has 57 heavy (non-hydrogen) atoms. The molecule has 11 rings (SSSR count). The Kier molecular flexibility index (Phi) is 7.78. The normalized spacial score (nSPS) is 11.5. The highest BCUT2D eigenvalue weighted by Gasteiger charge is 2.18. The Morgan fingerprint density at radius 3 is 1.44 bits per heavy atom. The van der Waals surface area contributed by atoms with E-state index in [2.05, 4.69) is 192 Å². The summed E-state index contributed by atoms with van der Waals surface area (Å²) in [5.74, 6) is 0. The number of pyridine rings is 3. The second-order valence-electron chi connectivity index (χ2n) is 14.4. The van der Waals surface area contributed by atoms with Crippen molar-refractivity contribution in [1.29, 1.82) is 0 Å². The molecular weight excluding hydrogens is 693 g/mol. The van der Waals surface area contributed by atoms with Crippen LogP contribution < -0.4 is 0 Å². The van der Waals surface area contributed by atoms with E-state index in [4.69, 9.17) is 9.97 Å². The summed E-state index contributed by atoms with van der Waals surface area (Å²) in [6.07, 6.45) is 3.82. The molecule has 0 unspecified atom stereocenters. The van der Waals surface area contributed by atoms with Gasteiger partial charge in [-0.15, -0.1) is 0 Å². The Morgan fingerprint density at radius 2 is 0.807 bits per heavy atom. The monoisotopic (exact) mass is 726 g/mol. The average molecular weight is 727 g/mol. The second kappa shape index (κ2) is 13.6. The van der Waals surface area contributed by atoms with Gasteiger partial charge < -0.3 is 4.57 Å². The van der Waals surface area contributed by atoms with Crippen LogP contribution in [0.5, 0.6) is 0 Å². The smallest absolute Gasteiger partial charge is 0.0893 e. The van der Waals surface area contributed by atoms with Gasteiger partial charge in [-0.2, -0.15) is 0 Å². The summed E-state index contributed by atoms with van der Waals surface area (Å²) in [5, 5.41) is 7.13. The lowest BCUT2D eigenvalue weighted by Crippen LogP contribution is -1.94. The Bertz CT molecular complexity index is 3280. The summed E-state index contributed by atoms with van der Waals surface area (Å²) in [5.41, 5.74) is 13.8. The van der Waals surface area contributed by atoms with Crippen molar-refractivity contribution in [3.8, 4) is 61.8 Å². The van der Waals surface area contributed by atoms with Crippen LogP contribution in [0.15, 0.2) is 207 Å². The van der Waals surface area contributed by atoms with Crippen LogP contribution in [0.1, 0.15) is 0 Å². The van der Waals surface area contributed by atoms with Gasteiger partial charge in [-0.25, -0.2) is 9.97 Å². The van der Waals surface area contributed by atoms with Gasteiger partial charge in [0, 0.05) is 40.0 Å². The van der Waals surface area contributed by atoms with E-state index in [9.17, 15) is 0 Å². The molecule has 0 aliphatic rings. The predicted molar refractivity (Wildman–Crippen MR) is 236 cm³/mol. The maximum atomic E-state index is 5.25. The van der Waals surface area contributed by atoms with Gasteiger partial charge in [0.2, 0.25) is 0 Å². The van der Waals surface area contributed by atoms with E-state index >= 15 is 0 Å². The quantitative estimate of drug-likeness (QED) is 0.160. The summed E-state index contributed by atoms with van der Waals surface area (Å²) in [6, 6.07) is 68.7. The molecule has 0 fully saturated rings. The summed E-state index contributed by atoms with van der Waals surface area (Å²) in [6.45, 7) is 0. The lowest BCUT2D eigenvalue weighted by Gasteiger charge is -2.18. The lowest BCUT2D eigenvalue weighted by atomic mass is 9.85. The van der Waals surface area contributed by atoms with Crippen molar-refractivity contribution in [2.24, 2.45) is 0 Å². The fourth-order valence-corrected chi connectivity index (χ4v) is 8.53. The minimum Gasteiger partial charge on any atom is -0.309 e. The lowest BCUT2D eigenvalue weighted by molar-refractivity contribution is 1.17. The van der Waals surface area contributed by atoms with Gasteiger partial charge in [0.25, 0.3) is 0 Å². The van der Waals surface area contributed by atoms with Crippen molar-refractivity contribution < 1.29 is 0 Å². The maximum Gasteiger partial charge on any atom is 0.0893 e. The molecular formula is C53H34N4. The van der Waals surface area contributed by atoms with Crippen molar-refractivity contribution in [2.75, 3.05) is 0 Å². The van der Waals surface area contributed by atoms with Crippen LogP contribution >= 0.6 is 0 Å². The summed E-state index contributed by atoms with van der Waals surface area (Å²) in [7, 11) is 0. The molecule has 0 radical (unpaired) electrons. The Balaban J connectivity index is 1.03. The standard InChI is InChI=1S/C53H34N4/c1-4-14-35(15-5-1)52-40-20-10-11-21-41(40)53(36-16-6-2-7-17-36)44-33-37(26-28-42(44)52)46-22-12-24-48(55-46)49-25-13-23-47(56-49)38-27-29-50-43(32-38)45-34-54-31-30-51(45)57(50)39-18-8-3-9-19-39/h1-34H. The minimum atomic E-state index is 0.825. The zero-order valence-corrected chi connectivity index (χ0v) is 30.9. The fourth-order valence-electron chi connectivity index (χ4n) is 8.53. The van der Waals surface area contributed by atoms with Crippen LogP contribution in [0, 0.1) is 0 Å². The summed E-state index contributed by atoms with van der Waals surface area (Å²) >= 11 is 0. The molecule has 7 aromatic carbocycles. The van der Waals surface area contributed by atoms with Gasteiger partial charge in [-0.3, -0.25) is 4.98 Å². The number of nitrogens with zero attached hydrogens (tertiary/aromatic N) is 4. The van der Waals surface area contributed by atoms with Crippen LogP contribution in [0.25, 0.3) is 105 Å². The van der Waals surface area contributed by atoms with E-state index in [1.165, 1.54) is 43.8 Å². The van der Waals surface area contributed by atoms with Crippen LogP contribution in [0.2, 0.25) is 0 Å². The molecule has 0 amide bonds. The largest absolute Gasteiger partial charge is 0.309 e. The third-order valence-electron chi connectivity index (χ3n) is 11.1. The number of hydrogen-bond acceptors (Lipinski definition) is 3. The zero-order chi connectivity index (χ0) is 37.7. The Labute approximate surface area is 330 Å². The SMILES string of the molecule is c1ccc(-c2c3ccccc3c(-c3ccccc3)c3cc(-c4cccc(-c5cccc(-c6ccc7c(c6)c6cnccc6n7-c6ccccc6)n5)n4)ccc23)cc1.